The molecule has 0 heterocycles. The molecular weight excluding hydrogens is 265 g/mol. The fourth-order valence-corrected chi connectivity index (χ4v) is 3.33. The monoisotopic (exact) mass is 279 g/mol. The Balaban J connectivity index is 2.41. The Morgan fingerprint density at radius 3 is 2.47 bits per heavy atom. The number of hydrogen-bond donors (Lipinski definition) is 1. The minimum Gasteiger partial charge on any atom is -0.399 e. The maximum absolute atomic E-state index is 13.2. The first-order valence-electron chi connectivity index (χ1n) is 5.72. The lowest BCUT2D eigenvalue weighted by atomic mass is 10.1. The molecule has 0 aromatic heterocycles. The molecule has 0 aliphatic heterocycles. The van der Waals surface area contributed by atoms with Gasteiger partial charge in [-0.3, -0.25) is 0 Å². The zero-order chi connectivity index (χ0) is 14.0. The molecule has 100 valence electrons. The Hall–Kier alpha value is -1.88. The highest BCUT2D eigenvalue weighted by molar-refractivity contribution is 7.90. The quantitative estimate of drug-likeness (QED) is 0.879. The van der Waals surface area contributed by atoms with Crippen LogP contribution in [-0.2, 0) is 15.6 Å². The summed E-state index contributed by atoms with van der Waals surface area (Å²) in [5, 5.41) is 0. The van der Waals surface area contributed by atoms with Gasteiger partial charge in [-0.05, 0) is 36.2 Å². The van der Waals surface area contributed by atoms with Crippen LogP contribution >= 0.6 is 0 Å². The first kappa shape index (κ1) is 13.5. The summed E-state index contributed by atoms with van der Waals surface area (Å²) in [7, 11) is -3.60. The number of nitrogen functional groups attached to an aromatic ring is 1. The summed E-state index contributed by atoms with van der Waals surface area (Å²) in [5.41, 5.74) is 7.16. The molecule has 19 heavy (non-hydrogen) atoms. The molecule has 2 rings (SSSR count). The molecule has 0 amide bonds. The fraction of sp³-hybridized carbons (Fsp3) is 0.143. The second kappa shape index (κ2) is 5.01. The van der Waals surface area contributed by atoms with Gasteiger partial charge in [0.25, 0.3) is 0 Å². The molecule has 0 unspecified atom stereocenters. The van der Waals surface area contributed by atoms with Crippen LogP contribution in [0.4, 0.5) is 10.1 Å². The number of benzene rings is 2. The molecule has 5 heteroatoms. The van der Waals surface area contributed by atoms with Crippen LogP contribution < -0.4 is 5.73 Å². The molecular formula is C14H14FNO2S. The Kier molecular flexibility index (Phi) is 3.57. The summed E-state index contributed by atoms with van der Waals surface area (Å²) in [5.74, 6) is -0.814. The van der Waals surface area contributed by atoms with Crippen molar-refractivity contribution in [3.05, 3.63) is 59.4 Å². The van der Waals surface area contributed by atoms with Crippen molar-refractivity contribution in [2.24, 2.45) is 0 Å². The van der Waals surface area contributed by atoms with E-state index >= 15 is 0 Å². The average Bonchev–Trinajstić information content (AvgIpc) is 2.31. The van der Waals surface area contributed by atoms with Gasteiger partial charge in [-0.1, -0.05) is 24.3 Å². The van der Waals surface area contributed by atoms with Gasteiger partial charge in [0.1, 0.15) is 5.82 Å². The van der Waals surface area contributed by atoms with Crippen LogP contribution in [0, 0.1) is 12.7 Å². The van der Waals surface area contributed by atoms with Gasteiger partial charge >= 0.3 is 0 Å². The van der Waals surface area contributed by atoms with Gasteiger partial charge in [0, 0.05) is 5.69 Å². The molecule has 0 saturated heterocycles. The summed E-state index contributed by atoms with van der Waals surface area (Å²) in [6.45, 7) is 1.84. The van der Waals surface area contributed by atoms with Crippen molar-refractivity contribution in [2.45, 2.75) is 17.6 Å². The van der Waals surface area contributed by atoms with E-state index in [2.05, 4.69) is 0 Å². The second-order valence-electron chi connectivity index (χ2n) is 4.41. The number of nitrogens with two attached hydrogens (primary N) is 1. The Labute approximate surface area is 111 Å². The normalized spacial score (nSPS) is 11.5. The van der Waals surface area contributed by atoms with E-state index in [-0.39, 0.29) is 16.3 Å². The maximum atomic E-state index is 13.2. The predicted octanol–water partition coefficient (Wildman–Crippen LogP) is 2.69. The van der Waals surface area contributed by atoms with Crippen LogP contribution in [0.15, 0.2) is 47.4 Å². The lowest BCUT2D eigenvalue weighted by Crippen LogP contribution is -2.07. The third-order valence-electron chi connectivity index (χ3n) is 2.86. The number of hydrogen-bond acceptors (Lipinski definition) is 3. The van der Waals surface area contributed by atoms with E-state index in [1.807, 2.05) is 19.1 Å². The van der Waals surface area contributed by atoms with Crippen LogP contribution in [-0.4, -0.2) is 8.42 Å². The summed E-state index contributed by atoms with van der Waals surface area (Å²) < 4.78 is 37.7. The number of halogens is 1. The minimum absolute atomic E-state index is 0.0896. The Bertz CT molecular complexity index is 691. The summed E-state index contributed by atoms with van der Waals surface area (Å²) in [6.07, 6.45) is 0. The molecule has 2 N–H and O–H groups in total. The molecule has 0 bridgehead atoms. The first-order chi connectivity index (χ1) is 8.88. The van der Waals surface area contributed by atoms with E-state index in [0.717, 1.165) is 17.7 Å². The third kappa shape index (κ3) is 3.12. The summed E-state index contributed by atoms with van der Waals surface area (Å²) >= 11 is 0. The van der Waals surface area contributed by atoms with Crippen molar-refractivity contribution in [3.63, 3.8) is 0 Å². The van der Waals surface area contributed by atoms with Gasteiger partial charge in [0.15, 0.2) is 9.84 Å². The molecule has 0 saturated carbocycles. The standard InChI is InChI=1S/C14H14FNO2S/c1-10-4-2-3-5-11(10)9-19(17,18)14-7-12(15)6-13(16)8-14/h2-8H,9,16H2,1H3. The van der Waals surface area contributed by atoms with Crippen LogP contribution in [0.5, 0.6) is 0 Å². The molecule has 0 radical (unpaired) electrons. The van der Waals surface area contributed by atoms with Gasteiger partial charge in [0.2, 0.25) is 0 Å². The van der Waals surface area contributed by atoms with E-state index in [9.17, 15) is 12.8 Å². The molecule has 2 aromatic carbocycles. The van der Waals surface area contributed by atoms with E-state index in [1.165, 1.54) is 6.07 Å². The zero-order valence-corrected chi connectivity index (χ0v) is 11.2. The lowest BCUT2D eigenvalue weighted by Gasteiger charge is -2.08. The van der Waals surface area contributed by atoms with Crippen molar-refractivity contribution in [1.29, 1.82) is 0 Å². The van der Waals surface area contributed by atoms with Crippen molar-refractivity contribution in [2.75, 3.05) is 5.73 Å². The lowest BCUT2D eigenvalue weighted by molar-refractivity contribution is 0.590. The van der Waals surface area contributed by atoms with E-state index in [4.69, 9.17) is 5.73 Å². The summed E-state index contributed by atoms with van der Waals surface area (Å²) in [4.78, 5) is -0.0896. The van der Waals surface area contributed by atoms with E-state index in [0.29, 0.717) is 5.56 Å². The topological polar surface area (TPSA) is 60.2 Å². The number of aryl methyl sites for hydroxylation is 1. The molecule has 2 aromatic rings. The second-order valence-corrected chi connectivity index (χ2v) is 6.40. The molecule has 0 fully saturated rings. The van der Waals surface area contributed by atoms with Gasteiger partial charge in [-0.25, -0.2) is 12.8 Å². The average molecular weight is 279 g/mol. The maximum Gasteiger partial charge on any atom is 0.182 e. The Morgan fingerprint density at radius 1 is 1.16 bits per heavy atom. The van der Waals surface area contributed by atoms with Gasteiger partial charge in [-0.15, -0.1) is 0 Å². The van der Waals surface area contributed by atoms with Gasteiger partial charge < -0.3 is 5.73 Å². The van der Waals surface area contributed by atoms with Gasteiger partial charge in [0.05, 0.1) is 10.6 Å². The number of sulfone groups is 1. The number of anilines is 1. The van der Waals surface area contributed by atoms with Crippen LogP contribution in [0.1, 0.15) is 11.1 Å². The number of rotatable bonds is 3. The van der Waals surface area contributed by atoms with Crippen LogP contribution in [0.25, 0.3) is 0 Å². The third-order valence-corrected chi connectivity index (χ3v) is 4.50. The highest BCUT2D eigenvalue weighted by Gasteiger charge is 2.17. The first-order valence-corrected chi connectivity index (χ1v) is 7.37. The van der Waals surface area contributed by atoms with E-state index in [1.54, 1.807) is 12.1 Å². The van der Waals surface area contributed by atoms with Crippen molar-refractivity contribution >= 4 is 15.5 Å². The highest BCUT2D eigenvalue weighted by atomic mass is 32.2. The predicted molar refractivity (Wildman–Crippen MR) is 72.9 cm³/mol. The smallest absolute Gasteiger partial charge is 0.182 e. The largest absolute Gasteiger partial charge is 0.399 e. The minimum atomic E-state index is -3.60. The molecule has 0 spiro atoms. The zero-order valence-electron chi connectivity index (χ0n) is 10.4. The van der Waals surface area contributed by atoms with Crippen LogP contribution in [0.3, 0.4) is 0 Å². The fourth-order valence-electron chi connectivity index (χ4n) is 1.82. The molecule has 0 aliphatic rings. The SMILES string of the molecule is Cc1ccccc1CS(=O)(=O)c1cc(N)cc(F)c1. The van der Waals surface area contributed by atoms with Crippen molar-refractivity contribution < 1.29 is 12.8 Å². The molecule has 0 atom stereocenters. The van der Waals surface area contributed by atoms with Crippen LogP contribution in [0.2, 0.25) is 0 Å². The Morgan fingerprint density at radius 2 is 1.84 bits per heavy atom. The summed E-state index contributed by atoms with van der Waals surface area (Å²) in [6, 6.07) is 10.6. The molecule has 0 aliphatic carbocycles. The van der Waals surface area contributed by atoms with Gasteiger partial charge in [-0.2, -0.15) is 0 Å². The molecule has 3 nitrogen and oxygen atoms in total. The highest BCUT2D eigenvalue weighted by Crippen LogP contribution is 2.21. The van der Waals surface area contributed by atoms with Crippen molar-refractivity contribution in [1.82, 2.24) is 0 Å². The van der Waals surface area contributed by atoms with Crippen molar-refractivity contribution in [3.8, 4) is 0 Å². The van der Waals surface area contributed by atoms with E-state index < -0.39 is 15.7 Å².